The van der Waals surface area contributed by atoms with Gasteiger partial charge in [-0.05, 0) is 30.7 Å². The summed E-state index contributed by atoms with van der Waals surface area (Å²) in [6.07, 6.45) is 0. The van der Waals surface area contributed by atoms with E-state index in [9.17, 15) is 9.59 Å². The molecule has 1 aliphatic heterocycles. The summed E-state index contributed by atoms with van der Waals surface area (Å²) < 4.78 is 0. The second-order valence-corrected chi connectivity index (χ2v) is 4.81. The van der Waals surface area contributed by atoms with Gasteiger partial charge in [0.05, 0.1) is 23.5 Å². The van der Waals surface area contributed by atoms with Crippen molar-refractivity contribution in [3.8, 4) is 0 Å². The predicted octanol–water partition coefficient (Wildman–Crippen LogP) is 0.738. The Morgan fingerprint density at radius 3 is 2.95 bits per heavy atom. The Kier molecular flexibility index (Phi) is 3.71. The molecule has 1 amide bonds. The number of hydrogen-bond acceptors (Lipinski definition) is 4. The van der Waals surface area contributed by atoms with E-state index in [2.05, 4.69) is 5.32 Å². The molecule has 1 atom stereocenters. The maximum absolute atomic E-state index is 11.6. The summed E-state index contributed by atoms with van der Waals surface area (Å²) >= 11 is 0. The van der Waals surface area contributed by atoms with Crippen molar-refractivity contribution in [3.05, 3.63) is 23.8 Å². The Balaban J connectivity index is 2.35. The number of fused-ring (bicyclic) bond motifs is 1. The van der Waals surface area contributed by atoms with Gasteiger partial charge in [-0.3, -0.25) is 4.79 Å². The first kappa shape index (κ1) is 13.4. The van der Waals surface area contributed by atoms with Crippen LogP contribution < -0.4 is 16.0 Å². The molecule has 102 valence electrons. The van der Waals surface area contributed by atoms with Crippen LogP contribution in [0, 0.1) is 5.92 Å². The average molecular weight is 263 g/mol. The van der Waals surface area contributed by atoms with Gasteiger partial charge in [0, 0.05) is 6.54 Å². The lowest BCUT2D eigenvalue weighted by molar-refractivity contribution is -0.115. The number of benzene rings is 1. The molecule has 0 spiro atoms. The molecule has 6 heteroatoms. The number of carboxylic acids is 1. The van der Waals surface area contributed by atoms with E-state index in [4.69, 9.17) is 10.8 Å². The quantitative estimate of drug-likeness (QED) is 0.744. The standard InChI is InChI=1S/C13H17N3O3/c1-8(5-14)6-16-7-12(17)15-10-3-2-9(13(18)19)4-11(10)16/h2-4,8H,5-7,14H2,1H3,(H,15,17)(H,18,19). The number of carboxylic acid groups (broad SMARTS) is 1. The van der Waals surface area contributed by atoms with E-state index in [0.717, 1.165) is 5.69 Å². The summed E-state index contributed by atoms with van der Waals surface area (Å²) in [6.45, 7) is 3.36. The Labute approximate surface area is 111 Å². The Hall–Kier alpha value is -2.08. The minimum Gasteiger partial charge on any atom is -0.478 e. The summed E-state index contributed by atoms with van der Waals surface area (Å²) in [7, 11) is 0. The molecule has 0 bridgehead atoms. The van der Waals surface area contributed by atoms with Crippen molar-refractivity contribution in [3.63, 3.8) is 0 Å². The normalized spacial score (nSPS) is 15.7. The lowest BCUT2D eigenvalue weighted by atomic mass is 10.1. The number of amides is 1. The van der Waals surface area contributed by atoms with E-state index in [1.807, 2.05) is 11.8 Å². The largest absolute Gasteiger partial charge is 0.478 e. The number of anilines is 2. The van der Waals surface area contributed by atoms with E-state index < -0.39 is 5.97 Å². The molecule has 6 nitrogen and oxygen atoms in total. The first-order valence-electron chi connectivity index (χ1n) is 6.13. The SMILES string of the molecule is CC(CN)CN1CC(=O)Nc2ccc(C(=O)O)cc21. The molecule has 1 aliphatic rings. The van der Waals surface area contributed by atoms with E-state index in [-0.39, 0.29) is 23.9 Å². The Bertz CT molecular complexity index is 516. The summed E-state index contributed by atoms with van der Waals surface area (Å²) in [6, 6.07) is 4.69. The van der Waals surface area contributed by atoms with Crippen molar-refractivity contribution < 1.29 is 14.7 Å². The lowest BCUT2D eigenvalue weighted by Crippen LogP contribution is -2.41. The molecule has 0 fully saturated rings. The molecule has 0 radical (unpaired) electrons. The van der Waals surface area contributed by atoms with Crippen molar-refractivity contribution in [2.45, 2.75) is 6.92 Å². The topological polar surface area (TPSA) is 95.7 Å². The van der Waals surface area contributed by atoms with Crippen LogP contribution in [0.3, 0.4) is 0 Å². The summed E-state index contributed by atoms with van der Waals surface area (Å²) in [4.78, 5) is 24.5. The number of nitrogens with one attached hydrogen (secondary N) is 1. The number of carbonyl (C=O) groups excluding carboxylic acids is 1. The maximum Gasteiger partial charge on any atom is 0.335 e. The van der Waals surface area contributed by atoms with Gasteiger partial charge >= 0.3 is 5.97 Å². The van der Waals surface area contributed by atoms with Crippen LogP contribution in [-0.4, -0.2) is 36.6 Å². The number of rotatable bonds is 4. The third-order valence-electron chi connectivity index (χ3n) is 3.13. The van der Waals surface area contributed by atoms with Crippen LogP contribution in [0.25, 0.3) is 0 Å². The highest BCUT2D eigenvalue weighted by Gasteiger charge is 2.24. The van der Waals surface area contributed by atoms with E-state index >= 15 is 0 Å². The maximum atomic E-state index is 11.6. The van der Waals surface area contributed by atoms with Crippen molar-refractivity contribution in [1.29, 1.82) is 0 Å². The monoisotopic (exact) mass is 263 g/mol. The third kappa shape index (κ3) is 2.85. The predicted molar refractivity (Wildman–Crippen MR) is 72.5 cm³/mol. The highest BCUT2D eigenvalue weighted by Crippen LogP contribution is 2.31. The molecule has 0 aliphatic carbocycles. The Morgan fingerprint density at radius 1 is 1.58 bits per heavy atom. The number of nitrogens with two attached hydrogens (primary N) is 1. The zero-order valence-corrected chi connectivity index (χ0v) is 10.7. The van der Waals surface area contributed by atoms with Crippen LogP contribution in [-0.2, 0) is 4.79 Å². The molecule has 19 heavy (non-hydrogen) atoms. The molecule has 1 aromatic carbocycles. The van der Waals surface area contributed by atoms with Gasteiger partial charge in [-0.25, -0.2) is 4.79 Å². The van der Waals surface area contributed by atoms with Gasteiger partial charge in [-0.15, -0.1) is 0 Å². The van der Waals surface area contributed by atoms with Crippen LogP contribution in [0.4, 0.5) is 11.4 Å². The van der Waals surface area contributed by atoms with Gasteiger partial charge < -0.3 is 21.1 Å². The van der Waals surface area contributed by atoms with E-state index in [0.29, 0.717) is 18.8 Å². The van der Waals surface area contributed by atoms with E-state index in [1.54, 1.807) is 12.1 Å². The van der Waals surface area contributed by atoms with E-state index in [1.165, 1.54) is 6.07 Å². The Morgan fingerprint density at radius 2 is 2.32 bits per heavy atom. The summed E-state index contributed by atoms with van der Waals surface area (Å²) in [5.41, 5.74) is 7.19. The fraction of sp³-hybridized carbons (Fsp3) is 0.385. The number of hydrogen-bond donors (Lipinski definition) is 3. The number of aromatic carboxylic acids is 1. The minimum atomic E-state index is -0.980. The van der Waals surface area contributed by atoms with Crippen LogP contribution in [0.1, 0.15) is 17.3 Å². The van der Waals surface area contributed by atoms with Crippen LogP contribution in [0.5, 0.6) is 0 Å². The molecule has 0 aromatic heterocycles. The highest BCUT2D eigenvalue weighted by atomic mass is 16.4. The molecular formula is C13H17N3O3. The fourth-order valence-electron chi connectivity index (χ4n) is 2.09. The molecule has 1 unspecified atom stereocenters. The van der Waals surface area contributed by atoms with Crippen molar-refractivity contribution in [1.82, 2.24) is 0 Å². The first-order chi connectivity index (χ1) is 9.01. The minimum absolute atomic E-state index is 0.0974. The second kappa shape index (κ2) is 5.27. The van der Waals surface area contributed by atoms with Crippen molar-refractivity contribution in [2.24, 2.45) is 11.7 Å². The fourth-order valence-corrected chi connectivity index (χ4v) is 2.09. The van der Waals surface area contributed by atoms with Gasteiger partial charge in [-0.2, -0.15) is 0 Å². The van der Waals surface area contributed by atoms with Gasteiger partial charge in [0.25, 0.3) is 0 Å². The molecular weight excluding hydrogens is 246 g/mol. The van der Waals surface area contributed by atoms with Crippen molar-refractivity contribution >= 4 is 23.3 Å². The zero-order valence-electron chi connectivity index (χ0n) is 10.7. The van der Waals surface area contributed by atoms with Gasteiger partial charge in [0.15, 0.2) is 0 Å². The summed E-state index contributed by atoms with van der Waals surface area (Å²) in [5.74, 6) is -0.849. The summed E-state index contributed by atoms with van der Waals surface area (Å²) in [5, 5.41) is 11.8. The lowest BCUT2D eigenvalue weighted by Gasteiger charge is -2.32. The molecule has 0 saturated heterocycles. The van der Waals surface area contributed by atoms with Gasteiger partial charge in [-0.1, -0.05) is 6.92 Å². The zero-order chi connectivity index (χ0) is 14.0. The number of nitrogens with zero attached hydrogens (tertiary/aromatic N) is 1. The van der Waals surface area contributed by atoms with Crippen molar-refractivity contribution in [2.75, 3.05) is 29.9 Å². The van der Waals surface area contributed by atoms with Crippen LogP contribution >= 0.6 is 0 Å². The van der Waals surface area contributed by atoms with Gasteiger partial charge in [0.2, 0.25) is 5.91 Å². The highest BCUT2D eigenvalue weighted by molar-refractivity contribution is 6.02. The number of carbonyl (C=O) groups is 2. The van der Waals surface area contributed by atoms with Gasteiger partial charge in [0.1, 0.15) is 0 Å². The smallest absolute Gasteiger partial charge is 0.335 e. The molecule has 4 N–H and O–H groups in total. The molecule has 1 heterocycles. The van der Waals surface area contributed by atoms with Crippen LogP contribution in [0.2, 0.25) is 0 Å². The third-order valence-corrected chi connectivity index (χ3v) is 3.13. The second-order valence-electron chi connectivity index (χ2n) is 4.81. The van der Waals surface area contributed by atoms with Crippen LogP contribution in [0.15, 0.2) is 18.2 Å². The first-order valence-corrected chi connectivity index (χ1v) is 6.13. The molecule has 2 rings (SSSR count). The molecule has 0 saturated carbocycles. The average Bonchev–Trinajstić information content (AvgIpc) is 2.37. The molecule has 1 aromatic rings.